The molecule has 0 fully saturated rings. The molecule has 1 N–H and O–H groups in total. The van der Waals surface area contributed by atoms with Crippen molar-refractivity contribution in [2.75, 3.05) is 20.3 Å². The van der Waals surface area contributed by atoms with Gasteiger partial charge in [-0.15, -0.1) is 0 Å². The van der Waals surface area contributed by atoms with Crippen LogP contribution in [0.5, 0.6) is 11.5 Å². The second-order valence-corrected chi connectivity index (χ2v) is 3.17. The number of methoxy groups -OCH3 is 1. The smallest absolute Gasteiger partial charge is 0.183 e. The van der Waals surface area contributed by atoms with Crippen LogP contribution in [-0.4, -0.2) is 25.4 Å². The van der Waals surface area contributed by atoms with Gasteiger partial charge in [0.2, 0.25) is 0 Å². The van der Waals surface area contributed by atoms with Gasteiger partial charge >= 0.3 is 0 Å². The summed E-state index contributed by atoms with van der Waals surface area (Å²) in [6.07, 6.45) is -0.438. The van der Waals surface area contributed by atoms with Crippen LogP contribution in [0.4, 0.5) is 0 Å². The molecule has 0 aliphatic rings. The molecule has 0 aliphatic carbocycles. The molecule has 4 nitrogen and oxygen atoms in total. The summed E-state index contributed by atoms with van der Waals surface area (Å²) < 4.78 is 15.8. The first kappa shape index (κ1) is 12.8. The van der Waals surface area contributed by atoms with Gasteiger partial charge in [0.15, 0.2) is 17.8 Å². The molecule has 0 amide bonds. The van der Waals surface area contributed by atoms with Crippen molar-refractivity contribution in [1.82, 2.24) is 0 Å². The van der Waals surface area contributed by atoms with E-state index in [-0.39, 0.29) is 5.75 Å². The standard InChI is InChI=1S/C12H18O4/c1-4-15-12(16-5-2)9-6-7-11(14-3)10(13)8-9/h6-8,12-13H,4-5H2,1-3H3. The zero-order chi connectivity index (χ0) is 12.0. The van der Waals surface area contributed by atoms with Crippen molar-refractivity contribution < 1.29 is 19.3 Å². The zero-order valence-electron chi connectivity index (χ0n) is 9.90. The maximum absolute atomic E-state index is 9.64. The Morgan fingerprint density at radius 1 is 1.19 bits per heavy atom. The van der Waals surface area contributed by atoms with Crippen molar-refractivity contribution in [2.45, 2.75) is 20.1 Å². The molecule has 4 heteroatoms. The highest BCUT2D eigenvalue weighted by Gasteiger charge is 2.13. The zero-order valence-corrected chi connectivity index (χ0v) is 9.90. The fraction of sp³-hybridized carbons (Fsp3) is 0.500. The fourth-order valence-electron chi connectivity index (χ4n) is 1.40. The lowest BCUT2D eigenvalue weighted by Gasteiger charge is -2.17. The van der Waals surface area contributed by atoms with Gasteiger partial charge in [0.1, 0.15) is 0 Å². The first-order valence-corrected chi connectivity index (χ1v) is 5.33. The van der Waals surface area contributed by atoms with Crippen LogP contribution in [-0.2, 0) is 9.47 Å². The minimum Gasteiger partial charge on any atom is -0.504 e. The van der Waals surface area contributed by atoms with Crippen LogP contribution in [0.25, 0.3) is 0 Å². The van der Waals surface area contributed by atoms with E-state index in [1.165, 1.54) is 7.11 Å². The molecule has 0 unspecified atom stereocenters. The minimum absolute atomic E-state index is 0.0874. The molecule has 0 bridgehead atoms. The third-order valence-corrected chi connectivity index (χ3v) is 2.11. The van der Waals surface area contributed by atoms with Gasteiger partial charge in [0, 0.05) is 18.8 Å². The van der Waals surface area contributed by atoms with Crippen molar-refractivity contribution in [2.24, 2.45) is 0 Å². The number of phenolic OH excluding ortho intramolecular Hbond substituents is 1. The van der Waals surface area contributed by atoms with E-state index in [2.05, 4.69) is 0 Å². The van der Waals surface area contributed by atoms with E-state index < -0.39 is 6.29 Å². The number of rotatable bonds is 6. The highest BCUT2D eigenvalue weighted by atomic mass is 16.7. The molecule has 1 aromatic carbocycles. The highest BCUT2D eigenvalue weighted by molar-refractivity contribution is 5.42. The number of hydrogen-bond donors (Lipinski definition) is 1. The lowest BCUT2D eigenvalue weighted by atomic mass is 10.2. The van der Waals surface area contributed by atoms with E-state index in [9.17, 15) is 5.11 Å². The van der Waals surface area contributed by atoms with E-state index >= 15 is 0 Å². The van der Waals surface area contributed by atoms with Crippen molar-refractivity contribution in [3.8, 4) is 11.5 Å². The molecule has 0 aliphatic heterocycles. The number of phenols is 1. The quantitative estimate of drug-likeness (QED) is 0.757. The SMILES string of the molecule is CCOC(OCC)c1ccc(OC)c(O)c1. The summed E-state index contributed by atoms with van der Waals surface area (Å²) >= 11 is 0. The van der Waals surface area contributed by atoms with Gasteiger partial charge in [0.25, 0.3) is 0 Å². The highest BCUT2D eigenvalue weighted by Crippen LogP contribution is 2.30. The van der Waals surface area contributed by atoms with Gasteiger partial charge < -0.3 is 19.3 Å². The summed E-state index contributed by atoms with van der Waals surface area (Å²) in [5, 5.41) is 9.64. The Bertz CT molecular complexity index is 319. The van der Waals surface area contributed by atoms with Gasteiger partial charge in [0.05, 0.1) is 7.11 Å². The largest absolute Gasteiger partial charge is 0.504 e. The van der Waals surface area contributed by atoms with Crippen LogP contribution < -0.4 is 4.74 Å². The molecule has 0 radical (unpaired) electrons. The van der Waals surface area contributed by atoms with Gasteiger partial charge in [-0.05, 0) is 26.0 Å². The topological polar surface area (TPSA) is 47.9 Å². The van der Waals surface area contributed by atoms with Gasteiger partial charge in [-0.2, -0.15) is 0 Å². The second kappa shape index (κ2) is 6.35. The Labute approximate surface area is 95.8 Å². The van der Waals surface area contributed by atoms with Crippen LogP contribution in [0, 0.1) is 0 Å². The Hall–Kier alpha value is -1.26. The van der Waals surface area contributed by atoms with E-state index in [1.807, 2.05) is 19.9 Å². The van der Waals surface area contributed by atoms with Crippen LogP contribution in [0.15, 0.2) is 18.2 Å². The number of aromatic hydroxyl groups is 1. The first-order valence-electron chi connectivity index (χ1n) is 5.33. The molecule has 1 rings (SSSR count). The average Bonchev–Trinajstić information content (AvgIpc) is 2.28. The Morgan fingerprint density at radius 3 is 2.25 bits per heavy atom. The molecule has 90 valence electrons. The normalized spacial score (nSPS) is 10.8. The van der Waals surface area contributed by atoms with E-state index in [0.717, 1.165) is 5.56 Å². The Kier molecular flexibility index (Phi) is 5.08. The summed E-state index contributed by atoms with van der Waals surface area (Å²) in [6, 6.07) is 5.10. The van der Waals surface area contributed by atoms with Crippen LogP contribution in [0.1, 0.15) is 25.7 Å². The lowest BCUT2D eigenvalue weighted by molar-refractivity contribution is -0.140. The molecular weight excluding hydrogens is 208 g/mol. The first-order chi connectivity index (χ1) is 7.72. The molecule has 0 saturated carbocycles. The predicted molar refractivity (Wildman–Crippen MR) is 60.7 cm³/mol. The maximum atomic E-state index is 9.64. The second-order valence-electron chi connectivity index (χ2n) is 3.17. The molecule has 1 aromatic rings. The molecule has 0 spiro atoms. The molecule has 0 heterocycles. The summed E-state index contributed by atoms with van der Waals surface area (Å²) in [5.74, 6) is 0.528. The summed E-state index contributed by atoms with van der Waals surface area (Å²) in [4.78, 5) is 0. The number of hydrogen-bond acceptors (Lipinski definition) is 4. The monoisotopic (exact) mass is 226 g/mol. The van der Waals surface area contributed by atoms with Crippen molar-refractivity contribution in [1.29, 1.82) is 0 Å². The molecule has 0 saturated heterocycles. The Morgan fingerprint density at radius 2 is 1.81 bits per heavy atom. The molecular formula is C12H18O4. The van der Waals surface area contributed by atoms with Crippen LogP contribution in [0.3, 0.4) is 0 Å². The molecule has 0 atom stereocenters. The van der Waals surface area contributed by atoms with Gasteiger partial charge in [-0.3, -0.25) is 0 Å². The Balaban J connectivity index is 2.87. The van der Waals surface area contributed by atoms with E-state index in [4.69, 9.17) is 14.2 Å². The molecule has 16 heavy (non-hydrogen) atoms. The van der Waals surface area contributed by atoms with Crippen LogP contribution >= 0.6 is 0 Å². The number of ether oxygens (including phenoxy) is 3. The van der Waals surface area contributed by atoms with Crippen LogP contribution in [0.2, 0.25) is 0 Å². The third-order valence-electron chi connectivity index (χ3n) is 2.11. The van der Waals surface area contributed by atoms with E-state index in [1.54, 1.807) is 12.1 Å². The summed E-state index contributed by atoms with van der Waals surface area (Å²) in [5.41, 5.74) is 0.780. The minimum atomic E-state index is -0.438. The number of benzene rings is 1. The van der Waals surface area contributed by atoms with Crippen molar-refractivity contribution >= 4 is 0 Å². The van der Waals surface area contributed by atoms with Crippen molar-refractivity contribution in [3.63, 3.8) is 0 Å². The lowest BCUT2D eigenvalue weighted by Crippen LogP contribution is -2.08. The molecule has 0 aromatic heterocycles. The maximum Gasteiger partial charge on any atom is 0.183 e. The fourth-order valence-corrected chi connectivity index (χ4v) is 1.40. The summed E-state index contributed by atoms with van der Waals surface area (Å²) in [6.45, 7) is 4.90. The van der Waals surface area contributed by atoms with Gasteiger partial charge in [-0.1, -0.05) is 6.07 Å². The third kappa shape index (κ3) is 3.12. The summed E-state index contributed by atoms with van der Waals surface area (Å²) in [7, 11) is 1.51. The van der Waals surface area contributed by atoms with Crippen molar-refractivity contribution in [3.05, 3.63) is 23.8 Å². The van der Waals surface area contributed by atoms with E-state index in [0.29, 0.717) is 19.0 Å². The average molecular weight is 226 g/mol. The van der Waals surface area contributed by atoms with Gasteiger partial charge in [-0.25, -0.2) is 0 Å². The predicted octanol–water partition coefficient (Wildman–Crippen LogP) is 2.47.